The largest absolute Gasteiger partial charge is 0.512 e. The first-order valence-electron chi connectivity index (χ1n) is 9.22. The van der Waals surface area contributed by atoms with E-state index in [0.717, 1.165) is 16.5 Å². The molecule has 0 bridgehead atoms. The van der Waals surface area contributed by atoms with Crippen LogP contribution in [-0.2, 0) is 4.79 Å². The summed E-state index contributed by atoms with van der Waals surface area (Å²) in [6.07, 6.45) is 0. The summed E-state index contributed by atoms with van der Waals surface area (Å²) in [6.45, 7) is 2.68. The van der Waals surface area contributed by atoms with Gasteiger partial charge in [0.25, 0.3) is 0 Å². The number of allylic oxidation sites excluding steroid dienone is 2. The van der Waals surface area contributed by atoms with Crippen LogP contribution in [0, 0.1) is 0 Å². The van der Waals surface area contributed by atoms with Gasteiger partial charge in [0.1, 0.15) is 5.76 Å². The second-order valence-corrected chi connectivity index (χ2v) is 6.58. The number of nitrogens with zero attached hydrogens (tertiary/aromatic N) is 1. The molecule has 3 aromatic rings. The van der Waals surface area contributed by atoms with Crippen molar-refractivity contribution in [2.24, 2.45) is 4.90 Å². The maximum Gasteiger partial charge on any atom is 0.345 e. The predicted molar refractivity (Wildman–Crippen MR) is 117 cm³/mol. The van der Waals surface area contributed by atoms with E-state index in [0.29, 0.717) is 5.71 Å². The Bertz CT molecular complexity index is 953. The summed E-state index contributed by atoms with van der Waals surface area (Å²) in [5.41, 5.74) is 3.55. The zero-order valence-electron chi connectivity index (χ0n) is 16.0. The maximum atomic E-state index is 12.4. The lowest BCUT2D eigenvalue weighted by Gasteiger charge is -2.16. The van der Waals surface area contributed by atoms with Gasteiger partial charge in [-0.1, -0.05) is 91.0 Å². The van der Waals surface area contributed by atoms with Crippen molar-refractivity contribution in [3.05, 3.63) is 108 Å². The third-order valence-corrected chi connectivity index (χ3v) is 4.49. The molecule has 0 amide bonds. The van der Waals surface area contributed by atoms with E-state index < -0.39 is 0 Å². The minimum atomic E-state index is -0.300. The van der Waals surface area contributed by atoms with Crippen LogP contribution in [0.2, 0.25) is 0 Å². The summed E-state index contributed by atoms with van der Waals surface area (Å²) in [6, 6.07) is 29.4. The normalized spacial score (nSPS) is 12.3. The predicted octanol–water partition coefficient (Wildman–Crippen LogP) is 3.70. The molecule has 0 heterocycles. The number of aliphatic hydroxyl groups is 1. The Labute approximate surface area is 166 Å². The molecule has 0 radical (unpaired) electrons. The zero-order valence-corrected chi connectivity index (χ0v) is 16.0. The molecule has 0 saturated carbocycles. The van der Waals surface area contributed by atoms with Gasteiger partial charge in [-0.15, -0.1) is 0 Å². The SMILES string of the molecule is CC(=O)C(C(=NB(c1ccccc1)c1ccccc1)c1ccccc1)=C(C)O. The third-order valence-electron chi connectivity index (χ3n) is 4.49. The molecule has 138 valence electrons. The van der Waals surface area contributed by atoms with Crippen LogP contribution < -0.4 is 10.9 Å². The summed E-state index contributed by atoms with van der Waals surface area (Å²) < 4.78 is 0. The molecule has 0 aliphatic heterocycles. The standard InChI is InChI=1S/C24H22BNO2/c1-18(27)23(19(2)28)24(20-12-6-3-7-13-20)26-25(21-14-8-4-9-15-21)22-16-10-5-11-17-22/h3-17,27H,1-2H3. The van der Waals surface area contributed by atoms with E-state index in [9.17, 15) is 9.90 Å². The molecule has 0 saturated heterocycles. The summed E-state index contributed by atoms with van der Waals surface area (Å²) in [5.74, 6) is -0.252. The lowest BCUT2D eigenvalue weighted by Crippen LogP contribution is -2.42. The number of aliphatic hydroxyl groups excluding tert-OH is 1. The fourth-order valence-electron chi connectivity index (χ4n) is 3.21. The Morgan fingerprint density at radius 1 is 0.750 bits per heavy atom. The molecule has 4 heteroatoms. The second-order valence-electron chi connectivity index (χ2n) is 6.58. The first kappa shape index (κ1) is 19.4. The Kier molecular flexibility index (Phi) is 6.23. The molecule has 0 unspecified atom stereocenters. The van der Waals surface area contributed by atoms with E-state index in [1.165, 1.54) is 13.8 Å². The summed E-state index contributed by atoms with van der Waals surface area (Å²) in [4.78, 5) is 17.4. The summed E-state index contributed by atoms with van der Waals surface area (Å²) in [7, 11) is 0. The van der Waals surface area contributed by atoms with Gasteiger partial charge in [-0.05, 0) is 30.3 Å². The van der Waals surface area contributed by atoms with Gasteiger partial charge in [0, 0.05) is 0 Å². The van der Waals surface area contributed by atoms with Gasteiger partial charge in [-0.2, -0.15) is 0 Å². The molecular weight excluding hydrogens is 345 g/mol. The number of hydrogen-bond donors (Lipinski definition) is 1. The highest BCUT2D eigenvalue weighted by Gasteiger charge is 2.24. The number of hydrogen-bond acceptors (Lipinski definition) is 3. The maximum absolute atomic E-state index is 12.4. The van der Waals surface area contributed by atoms with Gasteiger partial charge < -0.3 is 10.0 Å². The number of rotatable bonds is 6. The molecule has 0 aromatic heterocycles. The van der Waals surface area contributed by atoms with Crippen molar-refractivity contribution in [3.8, 4) is 0 Å². The summed E-state index contributed by atoms with van der Waals surface area (Å²) in [5, 5.41) is 10.2. The molecule has 1 N–H and O–H groups in total. The number of carbonyl (C=O) groups is 1. The fraction of sp³-hybridized carbons (Fsp3) is 0.0833. The van der Waals surface area contributed by atoms with E-state index in [4.69, 9.17) is 4.90 Å². The van der Waals surface area contributed by atoms with Crippen LogP contribution >= 0.6 is 0 Å². The van der Waals surface area contributed by atoms with Crippen LogP contribution in [0.15, 0.2) is 107 Å². The van der Waals surface area contributed by atoms with Crippen LogP contribution in [0.3, 0.4) is 0 Å². The van der Waals surface area contributed by atoms with Gasteiger partial charge in [-0.25, -0.2) is 0 Å². The number of ketones is 1. The highest BCUT2D eigenvalue weighted by molar-refractivity contribution is 6.85. The molecule has 0 aliphatic rings. The van der Waals surface area contributed by atoms with Gasteiger partial charge >= 0.3 is 6.85 Å². The van der Waals surface area contributed by atoms with Crippen molar-refractivity contribution in [2.45, 2.75) is 13.8 Å². The molecule has 0 atom stereocenters. The molecular formula is C24H22BNO2. The van der Waals surface area contributed by atoms with E-state index >= 15 is 0 Å². The molecule has 3 rings (SSSR count). The average molecular weight is 367 g/mol. The van der Waals surface area contributed by atoms with Crippen molar-refractivity contribution < 1.29 is 9.90 Å². The quantitative estimate of drug-likeness (QED) is 0.313. The van der Waals surface area contributed by atoms with Crippen molar-refractivity contribution in [3.63, 3.8) is 0 Å². The molecule has 0 fully saturated rings. The Morgan fingerprint density at radius 2 is 1.18 bits per heavy atom. The number of carbonyl (C=O) groups excluding carboxylic acids is 1. The minimum absolute atomic E-state index is 0.0324. The molecule has 0 aliphatic carbocycles. The molecule has 3 aromatic carbocycles. The molecule has 0 spiro atoms. The van der Waals surface area contributed by atoms with Crippen LogP contribution in [0.1, 0.15) is 19.4 Å². The highest BCUT2D eigenvalue weighted by Crippen LogP contribution is 2.15. The Hall–Kier alpha value is -3.40. The van der Waals surface area contributed by atoms with Crippen molar-refractivity contribution >= 4 is 29.3 Å². The van der Waals surface area contributed by atoms with Gasteiger partial charge in [0.15, 0.2) is 5.78 Å². The lowest BCUT2D eigenvalue weighted by molar-refractivity contribution is -0.113. The van der Waals surface area contributed by atoms with Gasteiger partial charge in [0.05, 0.1) is 11.3 Å². The topological polar surface area (TPSA) is 49.7 Å². The van der Waals surface area contributed by atoms with E-state index in [1.807, 2.05) is 91.0 Å². The average Bonchev–Trinajstić information content (AvgIpc) is 2.72. The van der Waals surface area contributed by atoms with Crippen LogP contribution in [0.4, 0.5) is 0 Å². The van der Waals surface area contributed by atoms with Crippen LogP contribution in [0.5, 0.6) is 0 Å². The third kappa shape index (κ3) is 4.47. The van der Waals surface area contributed by atoms with E-state index in [1.54, 1.807) is 0 Å². The monoisotopic (exact) mass is 367 g/mol. The Balaban J connectivity index is 2.26. The number of benzene rings is 3. The summed E-state index contributed by atoms with van der Waals surface area (Å²) >= 11 is 0. The first-order valence-corrected chi connectivity index (χ1v) is 9.22. The minimum Gasteiger partial charge on any atom is -0.512 e. The van der Waals surface area contributed by atoms with Crippen LogP contribution in [0.25, 0.3) is 0 Å². The smallest absolute Gasteiger partial charge is 0.345 e. The first-order chi connectivity index (χ1) is 13.6. The Morgan fingerprint density at radius 3 is 1.57 bits per heavy atom. The van der Waals surface area contributed by atoms with Crippen molar-refractivity contribution in [2.75, 3.05) is 0 Å². The van der Waals surface area contributed by atoms with Crippen molar-refractivity contribution in [1.29, 1.82) is 0 Å². The van der Waals surface area contributed by atoms with Crippen molar-refractivity contribution in [1.82, 2.24) is 0 Å². The van der Waals surface area contributed by atoms with Gasteiger partial charge in [-0.3, -0.25) is 4.79 Å². The molecule has 28 heavy (non-hydrogen) atoms. The lowest BCUT2D eigenvalue weighted by atomic mass is 9.51. The van der Waals surface area contributed by atoms with E-state index in [-0.39, 0.29) is 24.0 Å². The fourth-order valence-corrected chi connectivity index (χ4v) is 3.21. The zero-order chi connectivity index (χ0) is 19.9. The van der Waals surface area contributed by atoms with Crippen LogP contribution in [-0.4, -0.2) is 23.4 Å². The van der Waals surface area contributed by atoms with E-state index in [2.05, 4.69) is 0 Å². The van der Waals surface area contributed by atoms with Gasteiger partial charge in [0.2, 0.25) is 0 Å². The highest BCUT2D eigenvalue weighted by atomic mass is 16.3. The number of Topliss-reactive ketones (excluding diaryl/α,β-unsaturated/α-hetero) is 1. The second kappa shape index (κ2) is 9.00. The molecule has 3 nitrogen and oxygen atoms in total.